The maximum Gasteiger partial charge on any atom is 0.250 e. The Morgan fingerprint density at radius 2 is 2.07 bits per heavy atom. The Balaban J connectivity index is 2.44. The summed E-state index contributed by atoms with van der Waals surface area (Å²) in [5, 5.41) is 7.53. The fraction of sp³-hybridized carbons (Fsp3) is 0.200. The van der Waals surface area contributed by atoms with Crippen LogP contribution in [0.2, 0.25) is 0 Å². The van der Waals surface area contributed by atoms with E-state index in [0.29, 0.717) is 17.9 Å². The van der Waals surface area contributed by atoms with Crippen LogP contribution in [0.4, 0.5) is 4.39 Å². The Labute approximate surface area is 80.6 Å². The van der Waals surface area contributed by atoms with Gasteiger partial charge in [0.2, 0.25) is 5.89 Å². The molecule has 1 aromatic carbocycles. The number of rotatable bonds is 2. The lowest BCUT2D eigenvalue weighted by molar-refractivity contribution is 0.508. The Morgan fingerprint density at radius 1 is 1.29 bits per heavy atom. The van der Waals surface area contributed by atoms with Crippen LogP contribution in [0.1, 0.15) is 12.8 Å². The summed E-state index contributed by atoms with van der Waals surface area (Å²) in [6, 6.07) is 6.33. The van der Waals surface area contributed by atoms with Crippen molar-refractivity contribution in [3.63, 3.8) is 0 Å². The highest BCUT2D eigenvalue weighted by atomic mass is 19.1. The zero-order chi connectivity index (χ0) is 9.97. The van der Waals surface area contributed by atoms with Crippen LogP contribution in [-0.4, -0.2) is 10.2 Å². The molecule has 3 nitrogen and oxygen atoms in total. The van der Waals surface area contributed by atoms with E-state index in [1.165, 1.54) is 6.07 Å². The van der Waals surface area contributed by atoms with Crippen molar-refractivity contribution >= 4 is 0 Å². The van der Waals surface area contributed by atoms with Crippen molar-refractivity contribution < 1.29 is 8.81 Å². The van der Waals surface area contributed by atoms with Gasteiger partial charge in [-0.15, -0.1) is 10.2 Å². The number of hydrogen-bond donors (Lipinski definition) is 0. The molecule has 2 rings (SSSR count). The molecule has 1 aromatic heterocycles. The first-order chi connectivity index (χ1) is 6.81. The van der Waals surface area contributed by atoms with Crippen LogP contribution < -0.4 is 0 Å². The van der Waals surface area contributed by atoms with Gasteiger partial charge in [0.05, 0.1) is 5.56 Å². The Kier molecular flexibility index (Phi) is 2.26. The van der Waals surface area contributed by atoms with Crippen molar-refractivity contribution in [3.8, 4) is 11.5 Å². The molecule has 0 amide bonds. The van der Waals surface area contributed by atoms with Gasteiger partial charge in [-0.2, -0.15) is 0 Å². The van der Waals surface area contributed by atoms with Crippen LogP contribution in [0.25, 0.3) is 11.5 Å². The van der Waals surface area contributed by atoms with Crippen LogP contribution in [0.3, 0.4) is 0 Å². The first-order valence-corrected chi connectivity index (χ1v) is 4.38. The predicted octanol–water partition coefficient (Wildman–Crippen LogP) is 2.44. The number of aromatic nitrogens is 2. The second kappa shape index (κ2) is 3.57. The fourth-order valence-electron chi connectivity index (χ4n) is 1.14. The fourth-order valence-corrected chi connectivity index (χ4v) is 1.14. The molecule has 0 atom stereocenters. The van der Waals surface area contributed by atoms with Gasteiger partial charge in [0.15, 0.2) is 0 Å². The van der Waals surface area contributed by atoms with Gasteiger partial charge >= 0.3 is 0 Å². The minimum absolute atomic E-state index is 0.236. The van der Waals surface area contributed by atoms with E-state index in [0.717, 1.165) is 0 Å². The molecule has 0 spiro atoms. The number of nitrogens with zero attached hydrogens (tertiary/aromatic N) is 2. The Hall–Kier alpha value is -1.71. The summed E-state index contributed by atoms with van der Waals surface area (Å²) in [5.74, 6) is 0.405. The van der Waals surface area contributed by atoms with Gasteiger partial charge in [0.25, 0.3) is 5.89 Å². The third kappa shape index (κ3) is 1.51. The van der Waals surface area contributed by atoms with Crippen molar-refractivity contribution in [2.45, 2.75) is 13.3 Å². The van der Waals surface area contributed by atoms with Gasteiger partial charge in [-0.3, -0.25) is 0 Å². The lowest BCUT2D eigenvalue weighted by Gasteiger charge is -1.94. The van der Waals surface area contributed by atoms with Crippen molar-refractivity contribution in [1.82, 2.24) is 10.2 Å². The number of aryl methyl sites for hydroxylation is 1. The summed E-state index contributed by atoms with van der Waals surface area (Å²) in [6.45, 7) is 1.90. The molecule has 72 valence electrons. The highest BCUT2D eigenvalue weighted by molar-refractivity contribution is 5.52. The molecule has 4 heteroatoms. The summed E-state index contributed by atoms with van der Waals surface area (Å²) in [6.07, 6.45) is 0.654. The molecular weight excluding hydrogens is 183 g/mol. The lowest BCUT2D eigenvalue weighted by atomic mass is 10.2. The van der Waals surface area contributed by atoms with Gasteiger partial charge in [-0.25, -0.2) is 4.39 Å². The molecule has 0 aliphatic carbocycles. The minimum Gasteiger partial charge on any atom is -0.421 e. The van der Waals surface area contributed by atoms with E-state index in [2.05, 4.69) is 10.2 Å². The van der Waals surface area contributed by atoms with E-state index >= 15 is 0 Å². The molecule has 0 bridgehead atoms. The SMILES string of the molecule is CCc1nnc(-c2ccccc2F)o1. The first-order valence-electron chi connectivity index (χ1n) is 4.38. The van der Waals surface area contributed by atoms with E-state index < -0.39 is 0 Å². The van der Waals surface area contributed by atoms with Crippen molar-refractivity contribution in [3.05, 3.63) is 36.0 Å². The maximum absolute atomic E-state index is 13.3. The number of halogens is 1. The second-order valence-corrected chi connectivity index (χ2v) is 2.83. The van der Waals surface area contributed by atoms with E-state index in [1.807, 2.05) is 6.92 Å². The predicted molar refractivity (Wildman–Crippen MR) is 49.1 cm³/mol. The molecule has 0 aliphatic rings. The number of benzene rings is 1. The largest absolute Gasteiger partial charge is 0.421 e. The van der Waals surface area contributed by atoms with Crippen molar-refractivity contribution in [2.75, 3.05) is 0 Å². The maximum atomic E-state index is 13.3. The average Bonchev–Trinajstić information content (AvgIpc) is 2.67. The quantitative estimate of drug-likeness (QED) is 0.733. The average molecular weight is 192 g/mol. The van der Waals surface area contributed by atoms with Gasteiger partial charge in [0.1, 0.15) is 5.82 Å². The smallest absolute Gasteiger partial charge is 0.250 e. The van der Waals surface area contributed by atoms with Crippen LogP contribution in [0.5, 0.6) is 0 Å². The molecule has 1 heterocycles. The van der Waals surface area contributed by atoms with Crippen LogP contribution >= 0.6 is 0 Å². The standard InChI is InChI=1S/C10H9FN2O/c1-2-9-12-13-10(14-9)7-5-3-4-6-8(7)11/h3-6H,2H2,1H3. The van der Waals surface area contributed by atoms with Gasteiger partial charge < -0.3 is 4.42 Å². The molecule has 0 fully saturated rings. The van der Waals surface area contributed by atoms with Crippen molar-refractivity contribution in [1.29, 1.82) is 0 Å². The number of hydrogen-bond acceptors (Lipinski definition) is 3. The summed E-state index contributed by atoms with van der Waals surface area (Å²) in [4.78, 5) is 0. The van der Waals surface area contributed by atoms with Crippen molar-refractivity contribution in [2.24, 2.45) is 0 Å². The van der Waals surface area contributed by atoms with Crippen LogP contribution in [0, 0.1) is 5.82 Å². The third-order valence-corrected chi connectivity index (χ3v) is 1.87. The normalized spacial score (nSPS) is 10.4. The zero-order valence-electron chi connectivity index (χ0n) is 7.70. The molecule has 0 radical (unpaired) electrons. The van der Waals surface area contributed by atoms with E-state index in [1.54, 1.807) is 18.2 Å². The highest BCUT2D eigenvalue weighted by Gasteiger charge is 2.10. The summed E-state index contributed by atoms with van der Waals surface area (Å²) in [5.41, 5.74) is 0.347. The Bertz CT molecular complexity index is 439. The first kappa shape index (κ1) is 8.87. The Morgan fingerprint density at radius 3 is 2.71 bits per heavy atom. The molecule has 0 aliphatic heterocycles. The monoisotopic (exact) mass is 192 g/mol. The lowest BCUT2D eigenvalue weighted by Crippen LogP contribution is -1.82. The topological polar surface area (TPSA) is 38.9 Å². The molecular formula is C10H9FN2O. The molecule has 0 saturated carbocycles. The van der Waals surface area contributed by atoms with E-state index in [9.17, 15) is 4.39 Å². The summed E-state index contributed by atoms with van der Waals surface area (Å²) >= 11 is 0. The van der Waals surface area contributed by atoms with Gasteiger partial charge in [0, 0.05) is 6.42 Å². The molecule has 14 heavy (non-hydrogen) atoms. The molecule has 0 unspecified atom stereocenters. The molecule has 0 saturated heterocycles. The zero-order valence-corrected chi connectivity index (χ0v) is 7.70. The van der Waals surface area contributed by atoms with Gasteiger partial charge in [-0.1, -0.05) is 19.1 Å². The van der Waals surface area contributed by atoms with Gasteiger partial charge in [-0.05, 0) is 12.1 Å². The third-order valence-electron chi connectivity index (χ3n) is 1.87. The van der Waals surface area contributed by atoms with Crippen LogP contribution in [-0.2, 0) is 6.42 Å². The second-order valence-electron chi connectivity index (χ2n) is 2.83. The highest BCUT2D eigenvalue weighted by Crippen LogP contribution is 2.20. The van der Waals surface area contributed by atoms with E-state index in [-0.39, 0.29) is 11.7 Å². The summed E-state index contributed by atoms with van der Waals surface area (Å²) < 4.78 is 18.5. The minimum atomic E-state index is -0.348. The van der Waals surface area contributed by atoms with E-state index in [4.69, 9.17) is 4.42 Å². The van der Waals surface area contributed by atoms with Crippen LogP contribution in [0.15, 0.2) is 28.7 Å². The molecule has 0 N–H and O–H groups in total. The summed E-state index contributed by atoms with van der Waals surface area (Å²) in [7, 11) is 0. The molecule has 2 aromatic rings.